The number of benzene rings is 1. The van der Waals surface area contributed by atoms with Crippen molar-refractivity contribution < 1.29 is 17.9 Å². The van der Waals surface area contributed by atoms with E-state index >= 15 is 0 Å². The Balaban J connectivity index is 3.20. The lowest BCUT2D eigenvalue weighted by atomic mass is 10.2. The van der Waals surface area contributed by atoms with E-state index in [1.54, 1.807) is 13.8 Å². The number of ether oxygens (including phenoxy) is 1. The summed E-state index contributed by atoms with van der Waals surface area (Å²) in [6, 6.07) is 4.30. The Morgan fingerprint density at radius 1 is 1.47 bits per heavy atom. The van der Waals surface area contributed by atoms with E-state index in [9.17, 15) is 13.2 Å². The highest BCUT2D eigenvalue weighted by molar-refractivity contribution is 7.93. The fourth-order valence-corrected chi connectivity index (χ4v) is 2.65. The first-order chi connectivity index (χ1) is 8.81. The van der Waals surface area contributed by atoms with Crippen LogP contribution in [0.5, 0.6) is 0 Å². The van der Waals surface area contributed by atoms with Gasteiger partial charge in [-0.1, -0.05) is 18.5 Å². The summed E-state index contributed by atoms with van der Waals surface area (Å²) in [4.78, 5) is 11.6. The molecular weight excluding hydrogens is 290 g/mol. The zero-order chi connectivity index (χ0) is 14.6. The minimum Gasteiger partial charge on any atom is -0.465 e. The molecule has 1 aromatic carbocycles. The summed E-state index contributed by atoms with van der Waals surface area (Å²) >= 11 is 5.82. The molecule has 1 aromatic rings. The molecule has 0 bridgehead atoms. The molecule has 1 N–H and O–H groups in total. The van der Waals surface area contributed by atoms with Gasteiger partial charge in [-0.2, -0.15) is 0 Å². The molecule has 0 aliphatic heterocycles. The Hall–Kier alpha value is -1.27. The first-order valence-corrected chi connectivity index (χ1v) is 7.63. The van der Waals surface area contributed by atoms with Crippen LogP contribution in [0.3, 0.4) is 0 Å². The smallest absolute Gasteiger partial charge is 0.339 e. The van der Waals surface area contributed by atoms with E-state index in [4.69, 9.17) is 11.6 Å². The molecule has 0 saturated heterocycles. The van der Waals surface area contributed by atoms with E-state index in [2.05, 4.69) is 9.46 Å². The molecule has 5 nitrogen and oxygen atoms in total. The number of esters is 1. The highest BCUT2D eigenvalue weighted by Gasteiger charge is 2.22. The normalized spacial score (nSPS) is 12.8. The first kappa shape index (κ1) is 15.8. The van der Waals surface area contributed by atoms with E-state index in [-0.39, 0.29) is 11.3 Å². The van der Waals surface area contributed by atoms with E-state index in [0.717, 1.165) is 0 Å². The number of halogens is 1. The average Bonchev–Trinajstić information content (AvgIpc) is 2.36. The largest absolute Gasteiger partial charge is 0.465 e. The minimum atomic E-state index is -3.56. The Morgan fingerprint density at radius 3 is 2.63 bits per heavy atom. The van der Waals surface area contributed by atoms with Crippen molar-refractivity contribution in [2.75, 3.05) is 11.8 Å². The standard InChI is InChI=1S/C12H16ClNO4S/c1-4-8(2)19(16,17)14-11-7-9(13)5-6-10(11)12(15)18-3/h5-8,14H,4H2,1-3H3. The molecule has 19 heavy (non-hydrogen) atoms. The van der Waals surface area contributed by atoms with Gasteiger partial charge < -0.3 is 4.74 Å². The lowest BCUT2D eigenvalue weighted by molar-refractivity contribution is 0.0602. The van der Waals surface area contributed by atoms with Gasteiger partial charge >= 0.3 is 5.97 Å². The quantitative estimate of drug-likeness (QED) is 0.849. The lowest BCUT2D eigenvalue weighted by Gasteiger charge is -2.15. The van der Waals surface area contributed by atoms with Gasteiger partial charge in [0.15, 0.2) is 0 Å². The Kier molecular flexibility index (Phi) is 5.20. The van der Waals surface area contributed by atoms with E-state index in [1.807, 2.05) is 0 Å². The second-order valence-corrected chi connectivity index (χ2v) is 6.58. The molecule has 1 atom stereocenters. The summed E-state index contributed by atoms with van der Waals surface area (Å²) in [5.74, 6) is -0.626. The van der Waals surface area contributed by atoms with Crippen LogP contribution in [-0.2, 0) is 14.8 Å². The van der Waals surface area contributed by atoms with Gasteiger partial charge in [-0.15, -0.1) is 0 Å². The summed E-state index contributed by atoms with van der Waals surface area (Å²) in [5.41, 5.74) is 0.249. The average molecular weight is 306 g/mol. The molecule has 0 spiro atoms. The predicted octanol–water partition coefficient (Wildman–Crippen LogP) is 2.67. The van der Waals surface area contributed by atoms with Crippen molar-refractivity contribution in [1.29, 1.82) is 0 Å². The van der Waals surface area contributed by atoms with Crippen LogP contribution in [0.4, 0.5) is 5.69 Å². The second kappa shape index (κ2) is 6.25. The third kappa shape index (κ3) is 3.84. The van der Waals surface area contributed by atoms with Crippen LogP contribution in [0, 0.1) is 0 Å². The zero-order valence-electron chi connectivity index (χ0n) is 10.9. The maximum Gasteiger partial charge on any atom is 0.339 e. The number of rotatable bonds is 5. The number of hydrogen-bond acceptors (Lipinski definition) is 4. The molecule has 0 saturated carbocycles. The molecule has 106 valence electrons. The minimum absolute atomic E-state index is 0.124. The number of carbonyl (C=O) groups is 1. The second-order valence-electron chi connectivity index (χ2n) is 4.05. The Morgan fingerprint density at radius 2 is 2.11 bits per heavy atom. The first-order valence-electron chi connectivity index (χ1n) is 5.71. The summed E-state index contributed by atoms with van der Waals surface area (Å²) in [7, 11) is -2.33. The lowest BCUT2D eigenvalue weighted by Crippen LogP contribution is -2.25. The molecule has 0 aliphatic rings. The zero-order valence-corrected chi connectivity index (χ0v) is 12.5. The Bertz CT molecular complexity index is 571. The van der Waals surface area contributed by atoms with Crippen molar-refractivity contribution in [2.24, 2.45) is 0 Å². The molecule has 0 amide bonds. The van der Waals surface area contributed by atoms with Gasteiger partial charge in [0.2, 0.25) is 10.0 Å². The molecule has 0 heterocycles. The maximum absolute atomic E-state index is 12.0. The summed E-state index contributed by atoms with van der Waals surface area (Å²) in [6.07, 6.45) is 0.462. The fourth-order valence-electron chi connectivity index (χ4n) is 1.36. The molecule has 7 heteroatoms. The van der Waals surface area contributed by atoms with Gasteiger partial charge in [-0.05, 0) is 31.5 Å². The summed E-state index contributed by atoms with van der Waals surface area (Å²) < 4.78 is 31.0. The third-order valence-electron chi connectivity index (χ3n) is 2.74. The van der Waals surface area contributed by atoms with Crippen molar-refractivity contribution in [1.82, 2.24) is 0 Å². The Labute approximate surface area is 118 Å². The monoisotopic (exact) mass is 305 g/mol. The number of methoxy groups -OCH3 is 1. The maximum atomic E-state index is 12.0. The number of carbonyl (C=O) groups excluding carboxylic acids is 1. The van der Waals surface area contributed by atoms with Gasteiger partial charge in [0.1, 0.15) is 0 Å². The van der Waals surface area contributed by atoms with Crippen LogP contribution in [0.25, 0.3) is 0 Å². The van der Waals surface area contributed by atoms with Gasteiger partial charge in [-0.25, -0.2) is 13.2 Å². The van der Waals surface area contributed by atoms with Gasteiger partial charge in [-0.3, -0.25) is 4.72 Å². The van der Waals surface area contributed by atoms with Crippen LogP contribution in [0.15, 0.2) is 18.2 Å². The molecule has 0 fully saturated rings. The molecule has 1 unspecified atom stereocenters. The van der Waals surface area contributed by atoms with Gasteiger partial charge in [0.25, 0.3) is 0 Å². The van der Waals surface area contributed by atoms with Gasteiger partial charge in [0.05, 0.1) is 23.6 Å². The number of sulfonamides is 1. The topological polar surface area (TPSA) is 72.5 Å². The number of hydrogen-bond donors (Lipinski definition) is 1. The molecular formula is C12H16ClNO4S. The van der Waals surface area contributed by atoms with E-state index < -0.39 is 21.2 Å². The molecule has 0 aromatic heterocycles. The molecule has 1 rings (SSSR count). The SMILES string of the molecule is CCC(C)S(=O)(=O)Nc1cc(Cl)ccc1C(=O)OC. The molecule has 0 aliphatic carbocycles. The fraction of sp³-hybridized carbons (Fsp3) is 0.417. The predicted molar refractivity (Wildman–Crippen MR) is 75.1 cm³/mol. The third-order valence-corrected chi connectivity index (χ3v) is 4.88. The van der Waals surface area contributed by atoms with E-state index in [0.29, 0.717) is 11.4 Å². The van der Waals surface area contributed by atoms with Crippen molar-refractivity contribution in [3.8, 4) is 0 Å². The van der Waals surface area contributed by atoms with Crippen LogP contribution < -0.4 is 4.72 Å². The van der Waals surface area contributed by atoms with Crippen molar-refractivity contribution >= 4 is 33.3 Å². The number of anilines is 1. The summed E-state index contributed by atoms with van der Waals surface area (Å²) in [6.45, 7) is 3.35. The molecule has 0 radical (unpaired) electrons. The number of nitrogens with one attached hydrogen (secondary N) is 1. The van der Waals surface area contributed by atoms with Crippen LogP contribution >= 0.6 is 11.6 Å². The highest BCUT2D eigenvalue weighted by Crippen LogP contribution is 2.24. The van der Waals surface area contributed by atoms with Crippen LogP contribution in [-0.4, -0.2) is 26.7 Å². The summed E-state index contributed by atoms with van der Waals surface area (Å²) in [5, 5.41) is -0.244. The van der Waals surface area contributed by atoms with E-state index in [1.165, 1.54) is 25.3 Å². The van der Waals surface area contributed by atoms with Crippen molar-refractivity contribution in [3.05, 3.63) is 28.8 Å². The van der Waals surface area contributed by atoms with Gasteiger partial charge in [0, 0.05) is 5.02 Å². The van der Waals surface area contributed by atoms with Crippen LogP contribution in [0.1, 0.15) is 30.6 Å². The van der Waals surface area contributed by atoms with Crippen molar-refractivity contribution in [2.45, 2.75) is 25.5 Å². The van der Waals surface area contributed by atoms with Crippen LogP contribution in [0.2, 0.25) is 5.02 Å². The highest BCUT2D eigenvalue weighted by atomic mass is 35.5. The van der Waals surface area contributed by atoms with Crippen molar-refractivity contribution in [3.63, 3.8) is 0 Å².